The average molecular weight is 473 g/mol. The van der Waals surface area contributed by atoms with Crippen LogP contribution in [-0.4, -0.2) is 61.6 Å². The number of carboxylic acid groups (broad SMARTS) is 3. The molecule has 0 spiro atoms. The molecule has 17 heteroatoms. The zero-order valence-corrected chi connectivity index (χ0v) is 15.4. The van der Waals surface area contributed by atoms with Crippen LogP contribution in [-0.2, 0) is 20.9 Å². The summed E-state index contributed by atoms with van der Waals surface area (Å²) < 4.78 is 64.7. The molecule has 0 amide bonds. The minimum Gasteiger partial charge on any atom is -0.542 e. The van der Waals surface area contributed by atoms with Crippen LogP contribution in [0.15, 0.2) is 36.9 Å². The van der Waals surface area contributed by atoms with Crippen LogP contribution < -0.4 is 15.5 Å². The zero-order chi connectivity index (χ0) is 25.1. The number of nitrogens with zero attached hydrogens (tertiary/aromatic N) is 4. The second-order valence-electron chi connectivity index (χ2n) is 5.24. The molecule has 2 aromatic heterocycles. The van der Waals surface area contributed by atoms with Crippen LogP contribution in [0.1, 0.15) is 0 Å². The summed E-state index contributed by atoms with van der Waals surface area (Å²) in [6.07, 6.45) is -3.77. The van der Waals surface area contributed by atoms with Gasteiger partial charge in [-0.2, -0.15) is 26.3 Å². The molecule has 0 aliphatic carbocycles. The Hall–Kier alpha value is -3.89. The number of aromatic nitrogens is 4. The number of hydrogen-bond acceptors (Lipinski definition) is 8. The van der Waals surface area contributed by atoms with Crippen LogP contribution in [0.25, 0.3) is 11.4 Å². The summed E-state index contributed by atoms with van der Waals surface area (Å²) in [6, 6.07) is 2.52. The lowest BCUT2D eigenvalue weighted by atomic mass is 10.3. The van der Waals surface area contributed by atoms with Gasteiger partial charge >= 0.3 is 24.3 Å². The maximum atomic E-state index is 10.6. The predicted molar refractivity (Wildman–Crippen MR) is 85.8 cm³/mol. The lowest BCUT2D eigenvalue weighted by Crippen LogP contribution is -2.49. The number of carboxylic acids is 3. The van der Waals surface area contributed by atoms with Crippen LogP contribution >= 0.6 is 0 Å². The van der Waals surface area contributed by atoms with Crippen LogP contribution in [0.4, 0.5) is 26.3 Å². The van der Waals surface area contributed by atoms with Gasteiger partial charge in [0.25, 0.3) is 0 Å². The first-order valence-electron chi connectivity index (χ1n) is 7.75. The van der Waals surface area contributed by atoms with Crippen molar-refractivity contribution in [3.63, 3.8) is 0 Å². The van der Waals surface area contributed by atoms with Crippen molar-refractivity contribution in [2.45, 2.75) is 24.9 Å². The van der Waals surface area contributed by atoms with Gasteiger partial charge in [-0.1, -0.05) is 4.68 Å². The van der Waals surface area contributed by atoms with E-state index in [1.165, 1.54) is 4.68 Å². The van der Waals surface area contributed by atoms with E-state index in [0.29, 0.717) is 5.82 Å². The van der Waals surface area contributed by atoms with Crippen molar-refractivity contribution in [3.05, 3.63) is 36.9 Å². The van der Waals surface area contributed by atoms with Crippen molar-refractivity contribution in [3.8, 4) is 11.4 Å². The fraction of sp³-hybridized carbons (Fsp3) is 0.267. The van der Waals surface area contributed by atoms with Crippen molar-refractivity contribution in [2.24, 2.45) is 5.73 Å². The van der Waals surface area contributed by atoms with Crippen molar-refractivity contribution >= 4 is 17.9 Å². The molecule has 11 nitrogen and oxygen atoms in total. The molecule has 0 saturated heterocycles. The molecule has 0 aliphatic rings. The van der Waals surface area contributed by atoms with Gasteiger partial charge in [0.15, 0.2) is 24.6 Å². The topological polar surface area (TPSA) is 183 Å². The molecule has 4 N–H and O–H groups in total. The molecule has 32 heavy (non-hydrogen) atoms. The molecule has 2 aromatic rings. The summed E-state index contributed by atoms with van der Waals surface area (Å²) in [6.45, 7) is 0.116. The maximum Gasteiger partial charge on any atom is 0.490 e. The number of hydrogen-bond donors (Lipinski definition) is 3. The largest absolute Gasteiger partial charge is 0.542 e. The van der Waals surface area contributed by atoms with E-state index in [1.54, 1.807) is 36.9 Å². The first kappa shape index (κ1) is 28.1. The molecule has 176 valence electrons. The third-order valence-corrected chi connectivity index (χ3v) is 2.77. The van der Waals surface area contributed by atoms with E-state index in [1.807, 2.05) is 0 Å². The number of alkyl halides is 6. The van der Waals surface area contributed by atoms with E-state index in [4.69, 9.17) is 30.6 Å². The van der Waals surface area contributed by atoms with E-state index >= 15 is 0 Å². The first-order valence-corrected chi connectivity index (χ1v) is 7.75. The minimum atomic E-state index is -5.19. The molecule has 0 aliphatic heterocycles. The molecule has 1 atom stereocenters. The number of nitrogens with two attached hydrogens (primary N) is 1. The molecule has 0 radical (unpaired) electrons. The van der Waals surface area contributed by atoms with Gasteiger partial charge in [-0.05, 0) is 11.2 Å². The van der Waals surface area contributed by atoms with Crippen LogP contribution in [0, 0.1) is 0 Å². The summed E-state index contributed by atoms with van der Waals surface area (Å²) in [5.41, 5.74) is 6.17. The summed E-state index contributed by atoms with van der Waals surface area (Å²) in [4.78, 5) is 36.5. The lowest BCUT2D eigenvalue weighted by Gasteiger charge is -2.03. The van der Waals surface area contributed by atoms with Crippen LogP contribution in [0.5, 0.6) is 0 Å². The number of rotatable bonds is 4. The zero-order valence-electron chi connectivity index (χ0n) is 15.4. The predicted octanol–water partition coefficient (Wildman–Crippen LogP) is -0.830. The minimum absolute atomic E-state index is 0.116. The van der Waals surface area contributed by atoms with Gasteiger partial charge in [0.05, 0.1) is 0 Å². The molecular weight excluding hydrogens is 460 g/mol. The average Bonchev–Trinajstić information content (AvgIpc) is 2.68. The molecule has 0 saturated carbocycles. The summed E-state index contributed by atoms with van der Waals surface area (Å²) in [7, 11) is 0. The Labute approximate surface area is 173 Å². The van der Waals surface area contributed by atoms with Gasteiger partial charge < -0.3 is 25.8 Å². The van der Waals surface area contributed by atoms with E-state index in [9.17, 15) is 31.1 Å². The van der Waals surface area contributed by atoms with Crippen molar-refractivity contribution < 1.29 is 60.7 Å². The Bertz CT molecular complexity index is 868. The molecule has 1 unspecified atom stereocenters. The Balaban J connectivity index is 0.000000570. The van der Waals surface area contributed by atoms with Crippen LogP contribution in [0.2, 0.25) is 0 Å². The summed E-state index contributed by atoms with van der Waals surface area (Å²) in [5, 5.41) is 28.7. The van der Waals surface area contributed by atoms with Gasteiger partial charge in [0.2, 0.25) is 0 Å². The van der Waals surface area contributed by atoms with Crippen molar-refractivity contribution in [1.82, 2.24) is 15.1 Å². The summed E-state index contributed by atoms with van der Waals surface area (Å²) >= 11 is 0. The number of halogens is 6. The van der Waals surface area contributed by atoms with Gasteiger partial charge in [-0.3, -0.25) is 4.79 Å². The Kier molecular flexibility index (Phi) is 10.6. The molecule has 2 rings (SSSR count). The Morgan fingerprint density at radius 2 is 1.53 bits per heavy atom. The first-order chi connectivity index (χ1) is 14.6. The molecule has 0 bridgehead atoms. The highest BCUT2D eigenvalue weighted by Gasteiger charge is 2.38. The van der Waals surface area contributed by atoms with E-state index < -0.39 is 36.3 Å². The summed E-state index contributed by atoms with van der Waals surface area (Å²) in [5.74, 6) is -6.25. The number of carbonyl (C=O) groups excluding carboxylic acids is 1. The van der Waals surface area contributed by atoms with E-state index in [-0.39, 0.29) is 6.54 Å². The fourth-order valence-corrected chi connectivity index (χ4v) is 1.35. The van der Waals surface area contributed by atoms with E-state index in [2.05, 4.69) is 15.1 Å². The third-order valence-electron chi connectivity index (χ3n) is 2.77. The highest BCUT2D eigenvalue weighted by Crippen LogP contribution is 2.13. The monoisotopic (exact) mass is 473 g/mol. The number of aliphatic carboxylic acids is 3. The quantitative estimate of drug-likeness (QED) is 0.374. The van der Waals surface area contributed by atoms with Gasteiger partial charge in [0.1, 0.15) is 12.2 Å². The van der Waals surface area contributed by atoms with Gasteiger partial charge in [-0.25, -0.2) is 14.8 Å². The maximum absolute atomic E-state index is 10.6. The molecule has 2 heterocycles. The highest BCUT2D eigenvalue weighted by atomic mass is 19.4. The third kappa shape index (κ3) is 11.3. The Morgan fingerprint density at radius 3 is 1.84 bits per heavy atom. The van der Waals surface area contributed by atoms with Gasteiger partial charge in [0, 0.05) is 24.0 Å². The fourth-order valence-electron chi connectivity index (χ4n) is 1.35. The lowest BCUT2D eigenvalue weighted by molar-refractivity contribution is -0.754. The van der Waals surface area contributed by atoms with Crippen molar-refractivity contribution in [2.75, 3.05) is 0 Å². The second-order valence-corrected chi connectivity index (χ2v) is 5.24. The number of carbonyl (C=O) groups is 3. The highest BCUT2D eigenvalue weighted by molar-refractivity contribution is 5.73. The van der Waals surface area contributed by atoms with Gasteiger partial charge in [-0.15, -0.1) is 0 Å². The normalized spacial score (nSPS) is 11.7. The molecule has 0 aromatic carbocycles. The van der Waals surface area contributed by atoms with Crippen molar-refractivity contribution in [1.29, 1.82) is 0 Å². The van der Waals surface area contributed by atoms with E-state index in [0.717, 1.165) is 5.56 Å². The molecule has 0 fully saturated rings. The van der Waals surface area contributed by atoms with Crippen LogP contribution in [0.3, 0.4) is 0 Å². The standard InChI is InChI=1S/C11H11N5O2.2C2HF3O2/c12-9(11(17)18)7-16-5-2-8(6-15-16)10-13-3-1-4-14-10;2*3-2(4,5)1(6)7/h1-6,9H,7,12H2;2*(H,6,7). The second kappa shape index (κ2) is 12.1. The Morgan fingerprint density at radius 1 is 1.06 bits per heavy atom. The SMILES string of the molecule is NC(C[n+]1ccc(-c2ncccn2)cn1)C(=O)O.O=C(O)C(F)(F)F.O=C([O-])C(F)(F)F. The smallest absolute Gasteiger partial charge is 0.490 e. The molecular formula is C15H13F6N5O6.